The first kappa shape index (κ1) is 32.8. The lowest BCUT2D eigenvalue weighted by atomic mass is 10.0. The number of nitrogens with zero attached hydrogens (tertiary/aromatic N) is 3. The van der Waals surface area contributed by atoms with Gasteiger partial charge < -0.3 is 14.0 Å². The van der Waals surface area contributed by atoms with Crippen LogP contribution in [0.1, 0.15) is 0 Å². The molecule has 0 atom stereocenters. The van der Waals surface area contributed by atoms with Crippen molar-refractivity contribution in [1.82, 2.24) is 9.13 Å². The Labute approximate surface area is 331 Å². The summed E-state index contributed by atoms with van der Waals surface area (Å²) in [7, 11) is 0. The fraction of sp³-hybridized carbons (Fsp3) is 0. The zero-order chi connectivity index (χ0) is 37.7. The maximum atomic E-state index is 2.40. The molecule has 0 radical (unpaired) electrons. The number of hydrogen-bond donors (Lipinski definition) is 0. The summed E-state index contributed by atoms with van der Waals surface area (Å²) in [5.41, 5.74) is 15.2. The van der Waals surface area contributed by atoms with E-state index in [-0.39, 0.29) is 0 Å². The first-order chi connectivity index (χ1) is 28.3. The van der Waals surface area contributed by atoms with Crippen molar-refractivity contribution in [2.75, 3.05) is 4.90 Å². The molecule has 0 saturated heterocycles. The Morgan fingerprint density at radius 2 is 0.667 bits per heavy atom. The van der Waals surface area contributed by atoms with E-state index < -0.39 is 0 Å². The molecule has 0 unspecified atom stereocenters. The van der Waals surface area contributed by atoms with E-state index in [1.807, 2.05) is 0 Å². The van der Waals surface area contributed by atoms with E-state index in [0.29, 0.717) is 0 Å². The van der Waals surface area contributed by atoms with Crippen LogP contribution in [0.15, 0.2) is 224 Å². The van der Waals surface area contributed by atoms with Crippen LogP contribution in [0.25, 0.3) is 77.2 Å². The van der Waals surface area contributed by atoms with E-state index in [9.17, 15) is 0 Å². The highest BCUT2D eigenvalue weighted by Crippen LogP contribution is 2.39. The van der Waals surface area contributed by atoms with Gasteiger partial charge in [-0.2, -0.15) is 0 Å². The maximum Gasteiger partial charge on any atom is 0.0541 e. The van der Waals surface area contributed by atoms with Gasteiger partial charge in [-0.1, -0.05) is 133 Å². The van der Waals surface area contributed by atoms with Crippen LogP contribution in [-0.2, 0) is 0 Å². The predicted molar refractivity (Wildman–Crippen MR) is 241 cm³/mol. The molecule has 0 spiro atoms. The zero-order valence-corrected chi connectivity index (χ0v) is 31.2. The molecular weight excluding hydrogens is 691 g/mol. The van der Waals surface area contributed by atoms with E-state index in [1.165, 1.54) is 65.9 Å². The molecule has 2 aromatic heterocycles. The van der Waals surface area contributed by atoms with Gasteiger partial charge in [0.05, 0.1) is 22.1 Å². The van der Waals surface area contributed by atoms with Crippen LogP contribution in [0.2, 0.25) is 0 Å². The van der Waals surface area contributed by atoms with Crippen molar-refractivity contribution in [2.24, 2.45) is 0 Å². The van der Waals surface area contributed by atoms with Crippen LogP contribution >= 0.6 is 0 Å². The van der Waals surface area contributed by atoms with Gasteiger partial charge in [0.2, 0.25) is 0 Å². The van der Waals surface area contributed by atoms with Crippen LogP contribution in [0.5, 0.6) is 0 Å². The zero-order valence-electron chi connectivity index (χ0n) is 31.2. The Hall–Kier alpha value is -7.62. The number of rotatable bonds is 7. The van der Waals surface area contributed by atoms with Gasteiger partial charge in [-0.25, -0.2) is 0 Å². The second kappa shape index (κ2) is 13.6. The molecule has 57 heavy (non-hydrogen) atoms. The van der Waals surface area contributed by atoms with Gasteiger partial charge in [-0.05, 0) is 113 Å². The van der Waals surface area contributed by atoms with Gasteiger partial charge in [0.15, 0.2) is 0 Å². The molecule has 9 aromatic carbocycles. The van der Waals surface area contributed by atoms with Crippen molar-refractivity contribution in [2.45, 2.75) is 0 Å². The normalized spacial score (nSPS) is 11.5. The first-order valence-electron chi connectivity index (χ1n) is 19.5. The third-order valence-corrected chi connectivity index (χ3v) is 11.3. The summed E-state index contributed by atoms with van der Waals surface area (Å²) in [6, 6.07) is 81.0. The molecule has 0 bridgehead atoms. The lowest BCUT2D eigenvalue weighted by Gasteiger charge is -2.26. The number of anilines is 3. The number of para-hydroxylation sites is 4. The third kappa shape index (κ3) is 5.60. The van der Waals surface area contributed by atoms with Gasteiger partial charge in [0, 0.05) is 50.0 Å². The standard InChI is InChI=1S/C54H37N3/c1-3-14-38(15-4-1)40-16-13-19-46(36-40)57-53-25-12-9-22-49(53)50-37-41(28-35-54(50)57)39-26-29-43(30-27-39)55(42-17-5-2-6-18-42)44-31-33-45(34-32-44)56-51-23-10-7-20-47(51)48-21-8-11-24-52(48)56/h1-37H. The van der Waals surface area contributed by atoms with Crippen molar-refractivity contribution >= 4 is 60.7 Å². The molecule has 268 valence electrons. The van der Waals surface area contributed by atoms with Crippen LogP contribution in [-0.4, -0.2) is 9.13 Å². The molecule has 0 N–H and O–H groups in total. The molecule has 0 aliphatic carbocycles. The van der Waals surface area contributed by atoms with Crippen molar-refractivity contribution < 1.29 is 0 Å². The minimum atomic E-state index is 1.10. The Balaban J connectivity index is 0.962. The summed E-state index contributed by atoms with van der Waals surface area (Å²) in [6.07, 6.45) is 0. The molecule has 0 fully saturated rings. The summed E-state index contributed by atoms with van der Waals surface area (Å²) in [5, 5.41) is 5.02. The van der Waals surface area contributed by atoms with Crippen LogP contribution in [0.3, 0.4) is 0 Å². The summed E-state index contributed by atoms with van der Waals surface area (Å²) in [4.78, 5) is 2.33. The Morgan fingerprint density at radius 1 is 0.246 bits per heavy atom. The summed E-state index contributed by atoms with van der Waals surface area (Å²) in [5.74, 6) is 0. The average molecular weight is 728 g/mol. The Bertz CT molecular complexity index is 3160. The number of aromatic nitrogens is 2. The van der Waals surface area contributed by atoms with Crippen molar-refractivity contribution in [3.8, 4) is 33.6 Å². The molecule has 11 rings (SSSR count). The van der Waals surface area contributed by atoms with Crippen molar-refractivity contribution in [3.63, 3.8) is 0 Å². The van der Waals surface area contributed by atoms with E-state index in [4.69, 9.17) is 0 Å². The second-order valence-corrected chi connectivity index (χ2v) is 14.6. The maximum absolute atomic E-state index is 2.40. The summed E-state index contributed by atoms with van der Waals surface area (Å²) in [6.45, 7) is 0. The minimum Gasteiger partial charge on any atom is -0.311 e. The minimum absolute atomic E-state index is 1.10. The quantitative estimate of drug-likeness (QED) is 0.159. The number of hydrogen-bond acceptors (Lipinski definition) is 1. The fourth-order valence-corrected chi connectivity index (χ4v) is 8.66. The smallest absolute Gasteiger partial charge is 0.0541 e. The lowest BCUT2D eigenvalue weighted by Crippen LogP contribution is -2.10. The molecule has 0 amide bonds. The molecule has 0 aliphatic rings. The highest BCUT2D eigenvalue weighted by atomic mass is 15.1. The first-order valence-corrected chi connectivity index (χ1v) is 19.5. The van der Waals surface area contributed by atoms with E-state index in [0.717, 1.165) is 28.4 Å². The summed E-state index contributed by atoms with van der Waals surface area (Å²) < 4.78 is 4.76. The lowest BCUT2D eigenvalue weighted by molar-refractivity contribution is 1.17. The predicted octanol–water partition coefficient (Wildman–Crippen LogP) is 14.7. The van der Waals surface area contributed by atoms with E-state index >= 15 is 0 Å². The largest absolute Gasteiger partial charge is 0.311 e. The molecule has 0 saturated carbocycles. The average Bonchev–Trinajstić information content (AvgIpc) is 3.80. The molecule has 3 nitrogen and oxygen atoms in total. The van der Waals surface area contributed by atoms with Gasteiger partial charge in [-0.3, -0.25) is 0 Å². The summed E-state index contributed by atoms with van der Waals surface area (Å²) >= 11 is 0. The highest BCUT2D eigenvalue weighted by molar-refractivity contribution is 6.11. The van der Waals surface area contributed by atoms with Crippen molar-refractivity contribution in [3.05, 3.63) is 224 Å². The molecule has 2 heterocycles. The molecular formula is C54H37N3. The van der Waals surface area contributed by atoms with Gasteiger partial charge in [0.1, 0.15) is 0 Å². The second-order valence-electron chi connectivity index (χ2n) is 14.6. The Kier molecular flexibility index (Phi) is 7.82. The van der Waals surface area contributed by atoms with Crippen LogP contribution in [0, 0.1) is 0 Å². The van der Waals surface area contributed by atoms with E-state index in [1.54, 1.807) is 0 Å². The van der Waals surface area contributed by atoms with Crippen molar-refractivity contribution in [1.29, 1.82) is 0 Å². The fourth-order valence-electron chi connectivity index (χ4n) is 8.66. The number of benzene rings is 9. The monoisotopic (exact) mass is 727 g/mol. The topological polar surface area (TPSA) is 13.1 Å². The van der Waals surface area contributed by atoms with Crippen LogP contribution in [0.4, 0.5) is 17.1 Å². The molecule has 0 aliphatic heterocycles. The number of fused-ring (bicyclic) bond motifs is 6. The Morgan fingerprint density at radius 3 is 1.30 bits per heavy atom. The van der Waals surface area contributed by atoms with Crippen LogP contribution < -0.4 is 4.90 Å². The van der Waals surface area contributed by atoms with Gasteiger partial charge in [-0.15, -0.1) is 0 Å². The van der Waals surface area contributed by atoms with E-state index in [2.05, 4.69) is 238 Å². The van der Waals surface area contributed by atoms with Gasteiger partial charge >= 0.3 is 0 Å². The van der Waals surface area contributed by atoms with Gasteiger partial charge in [0.25, 0.3) is 0 Å². The molecule has 3 heteroatoms. The SMILES string of the molecule is c1ccc(-c2cccc(-n3c4ccccc4c4cc(-c5ccc(N(c6ccccc6)c6ccc(-n7c8ccccc8c8ccccc87)cc6)cc5)ccc43)c2)cc1. The highest BCUT2D eigenvalue weighted by Gasteiger charge is 2.17. The molecule has 11 aromatic rings. The third-order valence-electron chi connectivity index (χ3n) is 11.3.